The van der Waals surface area contributed by atoms with Crippen LogP contribution < -0.4 is 10.7 Å². The van der Waals surface area contributed by atoms with E-state index < -0.39 is 0 Å². The number of hydrogen-bond donors (Lipinski definition) is 2. The van der Waals surface area contributed by atoms with Gasteiger partial charge in [0.2, 0.25) is 0 Å². The minimum atomic E-state index is 0.533. The summed E-state index contributed by atoms with van der Waals surface area (Å²) >= 11 is 4.88. The number of thiocarbonyl (C=S) groups is 1. The van der Waals surface area contributed by atoms with Gasteiger partial charge in [0, 0.05) is 7.05 Å². The fourth-order valence-corrected chi connectivity index (χ4v) is 1.02. The zero-order chi connectivity index (χ0) is 9.68. The summed E-state index contributed by atoms with van der Waals surface area (Å²) in [6.07, 6.45) is 7.15. The lowest BCUT2D eigenvalue weighted by Crippen LogP contribution is -2.29. The average Bonchev–Trinajstić information content (AvgIpc) is 2.66. The summed E-state index contributed by atoms with van der Waals surface area (Å²) in [4.78, 5) is 0. The SMILES string of the molecule is CNC(=S)N/N=C(\C)C1=CC=CC1. The fraction of sp³-hybridized carbons (Fsp3) is 0.333. The third-order valence-corrected chi connectivity index (χ3v) is 2.08. The number of hydrogen-bond acceptors (Lipinski definition) is 2. The van der Waals surface area contributed by atoms with Gasteiger partial charge in [-0.15, -0.1) is 0 Å². The predicted octanol–water partition coefficient (Wildman–Crippen LogP) is 1.34. The van der Waals surface area contributed by atoms with E-state index in [1.807, 2.05) is 13.0 Å². The van der Waals surface area contributed by atoms with Gasteiger partial charge in [0.15, 0.2) is 5.11 Å². The van der Waals surface area contributed by atoms with Gasteiger partial charge < -0.3 is 5.32 Å². The molecule has 3 nitrogen and oxygen atoms in total. The monoisotopic (exact) mass is 195 g/mol. The molecule has 0 fully saturated rings. The van der Waals surface area contributed by atoms with E-state index in [1.54, 1.807) is 7.05 Å². The van der Waals surface area contributed by atoms with Crippen LogP contribution in [-0.2, 0) is 0 Å². The van der Waals surface area contributed by atoms with E-state index in [4.69, 9.17) is 12.2 Å². The summed E-state index contributed by atoms with van der Waals surface area (Å²) in [6.45, 7) is 1.96. The van der Waals surface area contributed by atoms with Crippen LogP contribution in [-0.4, -0.2) is 17.9 Å². The first kappa shape index (κ1) is 9.92. The van der Waals surface area contributed by atoms with Crippen molar-refractivity contribution in [2.75, 3.05) is 7.05 Å². The minimum absolute atomic E-state index is 0.533. The first-order valence-electron chi connectivity index (χ1n) is 4.12. The zero-order valence-corrected chi connectivity index (χ0v) is 8.61. The summed E-state index contributed by atoms with van der Waals surface area (Å²) < 4.78 is 0. The van der Waals surface area contributed by atoms with Gasteiger partial charge in [0.05, 0.1) is 5.71 Å². The Morgan fingerprint density at radius 2 is 2.38 bits per heavy atom. The van der Waals surface area contributed by atoms with Crippen LogP contribution in [0.3, 0.4) is 0 Å². The molecule has 0 aromatic carbocycles. The van der Waals surface area contributed by atoms with Crippen molar-refractivity contribution < 1.29 is 0 Å². The van der Waals surface area contributed by atoms with Crippen molar-refractivity contribution in [3.05, 3.63) is 23.8 Å². The van der Waals surface area contributed by atoms with E-state index in [0.29, 0.717) is 5.11 Å². The second kappa shape index (κ2) is 4.77. The molecule has 0 amide bonds. The molecule has 0 spiro atoms. The van der Waals surface area contributed by atoms with Gasteiger partial charge in [0.25, 0.3) is 0 Å². The lowest BCUT2D eigenvalue weighted by molar-refractivity contribution is 0.971. The maximum atomic E-state index is 4.88. The van der Waals surface area contributed by atoms with Crippen molar-refractivity contribution in [2.45, 2.75) is 13.3 Å². The lowest BCUT2D eigenvalue weighted by Gasteiger charge is -2.03. The van der Waals surface area contributed by atoms with E-state index in [-0.39, 0.29) is 0 Å². The summed E-state index contributed by atoms with van der Waals surface area (Å²) in [7, 11) is 1.76. The highest BCUT2D eigenvalue weighted by Crippen LogP contribution is 2.11. The van der Waals surface area contributed by atoms with E-state index in [1.165, 1.54) is 5.57 Å². The molecule has 0 aromatic rings. The Labute approximate surface area is 83.6 Å². The molecular formula is C9H13N3S. The number of nitrogens with zero attached hydrogens (tertiary/aromatic N) is 1. The Bertz CT molecular complexity index is 289. The molecule has 0 bridgehead atoms. The van der Waals surface area contributed by atoms with Crippen LogP contribution in [0.1, 0.15) is 13.3 Å². The predicted molar refractivity (Wildman–Crippen MR) is 59.7 cm³/mol. The molecule has 0 saturated carbocycles. The Morgan fingerprint density at radius 1 is 1.62 bits per heavy atom. The van der Waals surface area contributed by atoms with Crippen molar-refractivity contribution in [1.29, 1.82) is 0 Å². The number of rotatable bonds is 2. The number of hydrazone groups is 1. The largest absolute Gasteiger partial charge is 0.364 e. The van der Waals surface area contributed by atoms with Gasteiger partial charge in [0.1, 0.15) is 0 Å². The second-order valence-electron chi connectivity index (χ2n) is 2.71. The maximum absolute atomic E-state index is 4.88. The van der Waals surface area contributed by atoms with Gasteiger partial charge in [-0.1, -0.05) is 18.2 Å². The highest BCUT2D eigenvalue weighted by molar-refractivity contribution is 7.80. The number of nitrogens with one attached hydrogen (secondary N) is 2. The van der Waals surface area contributed by atoms with Crippen LogP contribution in [0, 0.1) is 0 Å². The van der Waals surface area contributed by atoms with Crippen LogP contribution in [0.4, 0.5) is 0 Å². The highest BCUT2D eigenvalue weighted by Gasteiger charge is 2.02. The molecule has 4 heteroatoms. The topological polar surface area (TPSA) is 36.4 Å². The lowest BCUT2D eigenvalue weighted by atomic mass is 10.1. The van der Waals surface area contributed by atoms with Crippen LogP contribution in [0.25, 0.3) is 0 Å². The van der Waals surface area contributed by atoms with Crippen molar-refractivity contribution in [1.82, 2.24) is 10.7 Å². The normalized spacial score (nSPS) is 15.5. The summed E-state index contributed by atoms with van der Waals surface area (Å²) in [5.74, 6) is 0. The van der Waals surface area contributed by atoms with E-state index >= 15 is 0 Å². The Hall–Kier alpha value is -1.16. The van der Waals surface area contributed by atoms with Gasteiger partial charge in [-0.25, -0.2) is 0 Å². The Morgan fingerprint density at radius 3 is 2.92 bits per heavy atom. The molecule has 13 heavy (non-hydrogen) atoms. The van der Waals surface area contributed by atoms with E-state index in [2.05, 4.69) is 28.0 Å². The van der Waals surface area contributed by atoms with E-state index in [0.717, 1.165) is 12.1 Å². The van der Waals surface area contributed by atoms with Gasteiger partial charge >= 0.3 is 0 Å². The minimum Gasteiger partial charge on any atom is -0.364 e. The van der Waals surface area contributed by atoms with E-state index in [9.17, 15) is 0 Å². The third kappa shape index (κ3) is 2.99. The van der Waals surface area contributed by atoms with Gasteiger partial charge in [-0.3, -0.25) is 5.43 Å². The molecule has 0 aliphatic heterocycles. The zero-order valence-electron chi connectivity index (χ0n) is 7.79. The highest BCUT2D eigenvalue weighted by atomic mass is 32.1. The second-order valence-corrected chi connectivity index (χ2v) is 3.12. The smallest absolute Gasteiger partial charge is 0.186 e. The van der Waals surface area contributed by atoms with Crippen LogP contribution in [0.5, 0.6) is 0 Å². The molecule has 0 heterocycles. The van der Waals surface area contributed by atoms with Gasteiger partial charge in [-0.05, 0) is 31.1 Å². The molecule has 0 atom stereocenters. The van der Waals surface area contributed by atoms with Crippen LogP contribution in [0.2, 0.25) is 0 Å². The summed E-state index contributed by atoms with van der Waals surface area (Å²) in [6, 6.07) is 0. The molecule has 0 radical (unpaired) electrons. The van der Waals surface area contributed by atoms with Crippen molar-refractivity contribution in [3.63, 3.8) is 0 Å². The molecule has 0 aromatic heterocycles. The maximum Gasteiger partial charge on any atom is 0.186 e. The standard InChI is InChI=1S/C9H13N3S/c1-7(8-5-3-4-6-8)11-12-9(13)10-2/h3-5H,6H2,1-2H3,(H2,10,12,13)/b11-7+. The molecule has 0 unspecified atom stereocenters. The Balaban J connectivity index is 2.47. The molecule has 1 aliphatic rings. The molecule has 0 saturated heterocycles. The third-order valence-electron chi connectivity index (χ3n) is 1.79. The van der Waals surface area contributed by atoms with Crippen molar-refractivity contribution >= 4 is 23.0 Å². The van der Waals surface area contributed by atoms with Crippen molar-refractivity contribution in [3.8, 4) is 0 Å². The molecular weight excluding hydrogens is 182 g/mol. The van der Waals surface area contributed by atoms with Crippen LogP contribution in [0.15, 0.2) is 28.9 Å². The van der Waals surface area contributed by atoms with Gasteiger partial charge in [-0.2, -0.15) is 5.10 Å². The number of allylic oxidation sites excluding steroid dienone is 4. The summed E-state index contributed by atoms with van der Waals surface area (Å²) in [5, 5.41) is 7.45. The fourth-order valence-electron chi connectivity index (χ4n) is 0.978. The average molecular weight is 195 g/mol. The molecule has 70 valence electrons. The van der Waals surface area contributed by atoms with Crippen LogP contribution >= 0.6 is 12.2 Å². The first-order valence-corrected chi connectivity index (χ1v) is 4.53. The Kier molecular flexibility index (Phi) is 3.64. The quantitative estimate of drug-likeness (QED) is 0.396. The first-order chi connectivity index (χ1) is 6.24. The summed E-state index contributed by atoms with van der Waals surface area (Å²) in [5.41, 5.74) is 4.95. The molecule has 1 rings (SSSR count). The molecule has 2 N–H and O–H groups in total. The van der Waals surface area contributed by atoms with Crippen molar-refractivity contribution in [2.24, 2.45) is 5.10 Å². The molecule has 1 aliphatic carbocycles.